The highest BCUT2D eigenvalue weighted by atomic mass is 32.1. The number of hydrogen-bond acceptors (Lipinski definition) is 6. The summed E-state index contributed by atoms with van der Waals surface area (Å²) in [5, 5.41) is 0.940. The molecular weight excluding hydrogens is 328 g/mol. The van der Waals surface area contributed by atoms with Gasteiger partial charge in [-0.15, -0.1) is 11.3 Å². The van der Waals surface area contributed by atoms with E-state index in [4.69, 9.17) is 9.15 Å². The monoisotopic (exact) mass is 348 g/mol. The van der Waals surface area contributed by atoms with Crippen molar-refractivity contribution >= 4 is 23.0 Å². The minimum absolute atomic E-state index is 0.0834. The standard InChI is InChI=1S/C17H20N2O4S/c1-11(2)16-18-9-15(24-16)17(21)19-5-7-22-10-12(19)8-13(20)14-4-3-6-23-14/h3-4,6,9,11-12H,5,7-8,10H2,1-2H3/t12-/m1/s1. The van der Waals surface area contributed by atoms with Gasteiger partial charge < -0.3 is 14.1 Å². The number of ketones is 1. The molecule has 1 amide bonds. The van der Waals surface area contributed by atoms with Gasteiger partial charge in [-0.05, 0) is 12.1 Å². The van der Waals surface area contributed by atoms with E-state index in [9.17, 15) is 9.59 Å². The van der Waals surface area contributed by atoms with E-state index in [1.807, 2.05) is 13.8 Å². The summed E-state index contributed by atoms with van der Waals surface area (Å²) < 4.78 is 10.6. The van der Waals surface area contributed by atoms with Crippen molar-refractivity contribution in [1.82, 2.24) is 9.88 Å². The highest BCUT2D eigenvalue weighted by Gasteiger charge is 2.31. The van der Waals surface area contributed by atoms with Crippen LogP contribution < -0.4 is 0 Å². The number of nitrogens with zero attached hydrogens (tertiary/aromatic N) is 2. The lowest BCUT2D eigenvalue weighted by Gasteiger charge is -2.34. The predicted octanol–water partition coefficient (Wildman–Crippen LogP) is 2.97. The quantitative estimate of drug-likeness (QED) is 0.777. The third-order valence-corrected chi connectivity index (χ3v) is 5.22. The summed E-state index contributed by atoms with van der Waals surface area (Å²) in [7, 11) is 0. The van der Waals surface area contributed by atoms with Crippen LogP contribution >= 0.6 is 11.3 Å². The molecule has 24 heavy (non-hydrogen) atoms. The maximum absolute atomic E-state index is 12.8. The molecule has 0 radical (unpaired) electrons. The fraction of sp³-hybridized carbons (Fsp3) is 0.471. The number of morpholine rings is 1. The normalized spacial score (nSPS) is 18.1. The van der Waals surface area contributed by atoms with Crippen molar-refractivity contribution in [3.63, 3.8) is 0 Å². The van der Waals surface area contributed by atoms with Crippen LogP contribution in [0, 0.1) is 0 Å². The fourth-order valence-electron chi connectivity index (χ4n) is 2.64. The molecule has 3 rings (SSSR count). The number of carbonyl (C=O) groups is 2. The Morgan fingerprint density at radius 2 is 2.29 bits per heavy atom. The highest BCUT2D eigenvalue weighted by Crippen LogP contribution is 2.24. The Kier molecular flexibility index (Phi) is 5.11. The SMILES string of the molecule is CC(C)c1ncc(C(=O)N2CCOC[C@H]2CC(=O)c2ccco2)s1. The Bertz CT molecular complexity index is 708. The summed E-state index contributed by atoms with van der Waals surface area (Å²) in [6.07, 6.45) is 3.29. The zero-order valence-electron chi connectivity index (χ0n) is 13.7. The van der Waals surface area contributed by atoms with Crippen molar-refractivity contribution < 1.29 is 18.7 Å². The molecule has 2 aromatic heterocycles. The van der Waals surface area contributed by atoms with E-state index in [2.05, 4.69) is 4.98 Å². The van der Waals surface area contributed by atoms with Crippen LogP contribution in [0.3, 0.4) is 0 Å². The minimum atomic E-state index is -0.284. The molecule has 0 aliphatic carbocycles. The van der Waals surface area contributed by atoms with Crippen LogP contribution in [0.4, 0.5) is 0 Å². The van der Waals surface area contributed by atoms with Crippen molar-refractivity contribution in [2.75, 3.05) is 19.8 Å². The van der Waals surface area contributed by atoms with Gasteiger partial charge in [0.1, 0.15) is 4.88 Å². The predicted molar refractivity (Wildman–Crippen MR) is 89.5 cm³/mol. The van der Waals surface area contributed by atoms with E-state index in [1.54, 1.807) is 23.2 Å². The van der Waals surface area contributed by atoms with E-state index < -0.39 is 0 Å². The summed E-state index contributed by atoms with van der Waals surface area (Å²) >= 11 is 1.41. The number of thiazole rings is 1. The molecule has 0 unspecified atom stereocenters. The molecule has 7 heteroatoms. The molecule has 6 nitrogen and oxygen atoms in total. The molecule has 0 saturated carbocycles. The van der Waals surface area contributed by atoms with Crippen LogP contribution in [0.1, 0.15) is 51.4 Å². The average molecular weight is 348 g/mol. The van der Waals surface area contributed by atoms with Crippen LogP contribution in [0.25, 0.3) is 0 Å². The van der Waals surface area contributed by atoms with Crippen molar-refractivity contribution in [2.45, 2.75) is 32.2 Å². The maximum atomic E-state index is 12.8. The molecule has 1 atom stereocenters. The lowest BCUT2D eigenvalue weighted by Crippen LogP contribution is -2.49. The summed E-state index contributed by atoms with van der Waals surface area (Å²) in [5.74, 6) is 0.394. The van der Waals surface area contributed by atoms with Gasteiger partial charge in [0.25, 0.3) is 5.91 Å². The van der Waals surface area contributed by atoms with Crippen molar-refractivity contribution in [3.8, 4) is 0 Å². The largest absolute Gasteiger partial charge is 0.461 e. The molecule has 2 aromatic rings. The van der Waals surface area contributed by atoms with E-state index in [0.29, 0.717) is 30.4 Å². The van der Waals surface area contributed by atoms with Crippen LogP contribution in [-0.2, 0) is 4.74 Å². The zero-order valence-corrected chi connectivity index (χ0v) is 14.5. The first kappa shape index (κ1) is 16.9. The second-order valence-electron chi connectivity index (χ2n) is 6.05. The Morgan fingerprint density at radius 1 is 1.46 bits per heavy atom. The molecule has 0 N–H and O–H groups in total. The first-order valence-corrected chi connectivity index (χ1v) is 8.79. The Balaban J connectivity index is 1.73. The molecule has 0 spiro atoms. The molecular formula is C17H20N2O4S. The molecule has 128 valence electrons. The number of hydrogen-bond donors (Lipinski definition) is 0. The lowest BCUT2D eigenvalue weighted by molar-refractivity contribution is -0.00279. The van der Waals surface area contributed by atoms with Gasteiger partial charge in [0.15, 0.2) is 11.5 Å². The van der Waals surface area contributed by atoms with Crippen LogP contribution in [-0.4, -0.2) is 47.4 Å². The van der Waals surface area contributed by atoms with Crippen LogP contribution in [0.5, 0.6) is 0 Å². The lowest BCUT2D eigenvalue weighted by atomic mass is 10.1. The molecule has 0 aromatic carbocycles. The number of rotatable bonds is 5. The number of amides is 1. The molecule has 1 aliphatic heterocycles. The van der Waals surface area contributed by atoms with Gasteiger partial charge >= 0.3 is 0 Å². The first-order valence-electron chi connectivity index (χ1n) is 7.97. The number of Topliss-reactive ketones (excluding diaryl/α,β-unsaturated/α-hetero) is 1. The van der Waals surface area contributed by atoms with Crippen molar-refractivity contribution in [2.24, 2.45) is 0 Å². The number of furan rings is 1. The summed E-state index contributed by atoms with van der Waals surface area (Å²) in [6.45, 7) is 5.41. The Labute approximate surface area is 144 Å². The fourth-order valence-corrected chi connectivity index (χ4v) is 3.51. The minimum Gasteiger partial charge on any atom is -0.461 e. The first-order chi connectivity index (χ1) is 11.6. The van der Waals surface area contributed by atoms with Gasteiger partial charge in [0.2, 0.25) is 0 Å². The maximum Gasteiger partial charge on any atom is 0.265 e. The number of carbonyl (C=O) groups excluding carboxylic acids is 2. The Morgan fingerprint density at radius 3 is 2.96 bits per heavy atom. The second-order valence-corrected chi connectivity index (χ2v) is 7.11. The molecule has 3 heterocycles. The molecule has 1 aliphatic rings. The smallest absolute Gasteiger partial charge is 0.265 e. The van der Waals surface area contributed by atoms with Gasteiger partial charge in [0.05, 0.1) is 36.7 Å². The average Bonchev–Trinajstić information content (AvgIpc) is 3.26. The zero-order chi connectivity index (χ0) is 17.1. The van der Waals surface area contributed by atoms with E-state index in [1.165, 1.54) is 17.6 Å². The summed E-state index contributed by atoms with van der Waals surface area (Å²) in [5.41, 5.74) is 0. The van der Waals surface area contributed by atoms with Gasteiger partial charge in [-0.25, -0.2) is 4.98 Å². The van der Waals surface area contributed by atoms with Gasteiger partial charge in [-0.2, -0.15) is 0 Å². The molecule has 1 fully saturated rings. The van der Waals surface area contributed by atoms with Crippen LogP contribution in [0.15, 0.2) is 29.0 Å². The van der Waals surface area contributed by atoms with E-state index in [0.717, 1.165) is 5.01 Å². The molecule has 0 bridgehead atoms. The van der Waals surface area contributed by atoms with Gasteiger partial charge in [0, 0.05) is 18.9 Å². The van der Waals surface area contributed by atoms with Crippen molar-refractivity contribution in [1.29, 1.82) is 0 Å². The van der Waals surface area contributed by atoms with Gasteiger partial charge in [-0.3, -0.25) is 9.59 Å². The second kappa shape index (κ2) is 7.27. The van der Waals surface area contributed by atoms with E-state index in [-0.39, 0.29) is 30.1 Å². The number of ether oxygens (including phenoxy) is 1. The summed E-state index contributed by atoms with van der Waals surface area (Å²) in [6, 6.07) is 3.03. The van der Waals surface area contributed by atoms with Crippen LogP contribution in [0.2, 0.25) is 0 Å². The molecule has 1 saturated heterocycles. The summed E-state index contributed by atoms with van der Waals surface area (Å²) in [4.78, 5) is 31.7. The third kappa shape index (κ3) is 3.57. The van der Waals surface area contributed by atoms with E-state index >= 15 is 0 Å². The topological polar surface area (TPSA) is 72.6 Å². The van der Waals surface area contributed by atoms with Gasteiger partial charge in [-0.1, -0.05) is 13.8 Å². The third-order valence-electron chi connectivity index (χ3n) is 3.93. The number of aromatic nitrogens is 1. The highest BCUT2D eigenvalue weighted by molar-refractivity contribution is 7.13. The van der Waals surface area contributed by atoms with Crippen molar-refractivity contribution in [3.05, 3.63) is 40.2 Å². The Hall–Kier alpha value is -1.99.